The highest BCUT2D eigenvalue weighted by atomic mass is 16.6. The van der Waals surface area contributed by atoms with Gasteiger partial charge < -0.3 is 14.2 Å². The Hall–Kier alpha value is -2.57. The largest absolute Gasteiger partial charge is 0.467 e. The molecule has 1 aliphatic carbocycles. The first-order valence-electron chi connectivity index (χ1n) is 11.7. The van der Waals surface area contributed by atoms with E-state index in [1.54, 1.807) is 45.0 Å². The van der Waals surface area contributed by atoms with E-state index in [-0.39, 0.29) is 12.5 Å². The Morgan fingerprint density at radius 3 is 1.94 bits per heavy atom. The molecule has 0 aliphatic heterocycles. The van der Waals surface area contributed by atoms with Gasteiger partial charge in [-0.15, -0.1) is 0 Å². The van der Waals surface area contributed by atoms with Gasteiger partial charge in [-0.1, -0.05) is 31.4 Å². The van der Waals surface area contributed by atoms with Crippen LogP contribution >= 0.6 is 0 Å². The quantitative estimate of drug-likeness (QED) is 0.411. The van der Waals surface area contributed by atoms with Crippen molar-refractivity contribution < 1.29 is 28.6 Å². The van der Waals surface area contributed by atoms with E-state index in [9.17, 15) is 14.4 Å². The highest BCUT2D eigenvalue weighted by Gasteiger charge is 2.39. The number of esters is 2. The van der Waals surface area contributed by atoms with Gasteiger partial charge in [-0.25, -0.2) is 14.4 Å². The summed E-state index contributed by atoms with van der Waals surface area (Å²) >= 11 is 0. The Morgan fingerprint density at radius 2 is 1.45 bits per heavy atom. The lowest BCUT2D eigenvalue weighted by Crippen LogP contribution is -2.51. The number of nitrogens with zero attached hydrogens (tertiary/aromatic N) is 1. The van der Waals surface area contributed by atoms with Crippen LogP contribution in [0, 0.1) is 5.92 Å². The van der Waals surface area contributed by atoms with Crippen molar-refractivity contribution in [3.05, 3.63) is 35.4 Å². The number of hydrogen-bond acceptors (Lipinski definition) is 6. The van der Waals surface area contributed by atoms with Crippen LogP contribution in [0.2, 0.25) is 0 Å². The number of amides is 1. The molecule has 0 unspecified atom stereocenters. The lowest BCUT2D eigenvalue weighted by Gasteiger charge is -2.37. The van der Waals surface area contributed by atoms with Crippen molar-refractivity contribution in [2.24, 2.45) is 5.92 Å². The molecule has 0 aromatic heterocycles. The van der Waals surface area contributed by atoms with Gasteiger partial charge >= 0.3 is 18.0 Å². The molecule has 184 valence electrons. The summed E-state index contributed by atoms with van der Waals surface area (Å²) in [4.78, 5) is 39.9. The maximum absolute atomic E-state index is 13.2. The number of ether oxygens (including phenoxy) is 3. The molecule has 1 fully saturated rings. The standard InChI is InChI=1S/C26H39NO6/c1-25(2,3)32-22(28)20-15-13-18(14-16-20)17-27(24(30)33-26(4,5)6)21(23(29)31-7)19-11-9-8-10-12-19/h13-16,19,21H,8-12,17H2,1-7H3/t21-/m0/s1. The second-order valence-electron chi connectivity index (χ2n) is 10.7. The molecule has 1 aromatic rings. The van der Waals surface area contributed by atoms with Crippen molar-refractivity contribution in [3.8, 4) is 0 Å². The summed E-state index contributed by atoms with van der Waals surface area (Å²) in [5, 5.41) is 0. The topological polar surface area (TPSA) is 82.1 Å². The third kappa shape index (κ3) is 8.37. The van der Waals surface area contributed by atoms with Crippen LogP contribution in [0.1, 0.15) is 89.6 Å². The summed E-state index contributed by atoms with van der Waals surface area (Å²) in [6, 6.07) is 6.16. The van der Waals surface area contributed by atoms with Crippen molar-refractivity contribution in [1.82, 2.24) is 4.90 Å². The molecule has 0 radical (unpaired) electrons. The van der Waals surface area contributed by atoms with Crippen molar-refractivity contribution in [2.45, 2.75) is 97.4 Å². The van der Waals surface area contributed by atoms with Crippen molar-refractivity contribution >= 4 is 18.0 Å². The lowest BCUT2D eigenvalue weighted by molar-refractivity contribution is -0.150. The van der Waals surface area contributed by atoms with E-state index in [1.807, 2.05) is 20.8 Å². The lowest BCUT2D eigenvalue weighted by atomic mass is 9.83. The molecule has 1 aromatic carbocycles. The second kappa shape index (κ2) is 11.0. The van der Waals surface area contributed by atoms with Gasteiger partial charge in [0.25, 0.3) is 0 Å². The minimum Gasteiger partial charge on any atom is -0.467 e. The predicted octanol–water partition coefficient (Wildman–Crippen LogP) is 5.50. The molecule has 0 spiro atoms. The maximum Gasteiger partial charge on any atom is 0.411 e. The molecule has 7 nitrogen and oxygen atoms in total. The Morgan fingerprint density at radius 1 is 0.909 bits per heavy atom. The molecule has 0 heterocycles. The third-order valence-corrected chi connectivity index (χ3v) is 5.44. The number of rotatable bonds is 6. The van der Waals surface area contributed by atoms with Crippen LogP contribution in [0.25, 0.3) is 0 Å². The van der Waals surface area contributed by atoms with Gasteiger partial charge in [0.1, 0.15) is 17.2 Å². The molecular formula is C26H39NO6. The van der Waals surface area contributed by atoms with Gasteiger partial charge in [-0.05, 0) is 78.0 Å². The van der Waals surface area contributed by atoms with Crippen LogP contribution in [-0.2, 0) is 25.5 Å². The molecule has 33 heavy (non-hydrogen) atoms. The van der Waals surface area contributed by atoms with Crippen LogP contribution in [-0.4, -0.2) is 47.3 Å². The summed E-state index contributed by atoms with van der Waals surface area (Å²) < 4.78 is 16.2. The smallest absolute Gasteiger partial charge is 0.411 e. The van der Waals surface area contributed by atoms with E-state index >= 15 is 0 Å². The van der Waals surface area contributed by atoms with E-state index in [4.69, 9.17) is 14.2 Å². The first kappa shape index (κ1) is 26.7. The number of hydrogen-bond donors (Lipinski definition) is 0. The molecule has 1 atom stereocenters. The van der Waals surface area contributed by atoms with Gasteiger partial charge in [0.05, 0.1) is 12.7 Å². The second-order valence-corrected chi connectivity index (χ2v) is 10.7. The summed E-state index contributed by atoms with van der Waals surface area (Å²) in [5.74, 6) is -0.828. The van der Waals surface area contributed by atoms with Crippen LogP contribution in [0.5, 0.6) is 0 Å². The number of carbonyl (C=O) groups excluding carboxylic acids is 3. The van der Waals surface area contributed by atoms with Crippen molar-refractivity contribution in [2.75, 3.05) is 7.11 Å². The zero-order valence-corrected chi connectivity index (χ0v) is 21.1. The fourth-order valence-corrected chi connectivity index (χ4v) is 4.02. The molecule has 2 rings (SSSR count). The van der Waals surface area contributed by atoms with Gasteiger partial charge in [0, 0.05) is 6.54 Å². The summed E-state index contributed by atoms with van der Waals surface area (Å²) in [6.07, 6.45) is 4.33. The van der Waals surface area contributed by atoms with Crippen LogP contribution in [0.3, 0.4) is 0 Å². The summed E-state index contributed by atoms with van der Waals surface area (Å²) in [6.45, 7) is 11.0. The van der Waals surface area contributed by atoms with Gasteiger partial charge in [-0.2, -0.15) is 0 Å². The first-order chi connectivity index (χ1) is 15.3. The highest BCUT2D eigenvalue weighted by molar-refractivity contribution is 5.89. The average Bonchev–Trinajstić information content (AvgIpc) is 2.71. The van der Waals surface area contributed by atoms with Crippen LogP contribution in [0.4, 0.5) is 4.79 Å². The van der Waals surface area contributed by atoms with E-state index < -0.39 is 35.3 Å². The molecule has 0 N–H and O–H groups in total. The average molecular weight is 462 g/mol. The molecular weight excluding hydrogens is 422 g/mol. The summed E-state index contributed by atoms with van der Waals surface area (Å²) in [7, 11) is 1.35. The number of methoxy groups -OCH3 is 1. The SMILES string of the molecule is COC(=O)[C@H](C1CCCCC1)N(Cc1ccc(C(=O)OC(C)(C)C)cc1)C(=O)OC(C)(C)C. The maximum atomic E-state index is 13.2. The molecule has 0 bridgehead atoms. The van der Waals surface area contributed by atoms with E-state index in [0.717, 1.165) is 37.7 Å². The van der Waals surface area contributed by atoms with Crippen molar-refractivity contribution in [3.63, 3.8) is 0 Å². The van der Waals surface area contributed by atoms with Gasteiger partial charge in [-0.3, -0.25) is 4.90 Å². The zero-order chi connectivity index (χ0) is 24.8. The molecule has 1 saturated carbocycles. The zero-order valence-electron chi connectivity index (χ0n) is 21.1. The van der Waals surface area contributed by atoms with E-state index in [0.29, 0.717) is 5.56 Å². The van der Waals surface area contributed by atoms with E-state index in [1.165, 1.54) is 12.0 Å². The fourth-order valence-electron chi connectivity index (χ4n) is 4.02. The van der Waals surface area contributed by atoms with E-state index in [2.05, 4.69) is 0 Å². The molecule has 7 heteroatoms. The van der Waals surface area contributed by atoms with Crippen LogP contribution < -0.4 is 0 Å². The minimum atomic E-state index is -0.726. The Balaban J connectivity index is 2.32. The third-order valence-electron chi connectivity index (χ3n) is 5.44. The van der Waals surface area contributed by atoms with Crippen molar-refractivity contribution in [1.29, 1.82) is 0 Å². The molecule has 1 amide bonds. The van der Waals surface area contributed by atoms with Crippen LogP contribution in [0.15, 0.2) is 24.3 Å². The van der Waals surface area contributed by atoms with Gasteiger partial charge in [0.2, 0.25) is 0 Å². The Bertz CT molecular complexity index is 813. The first-order valence-corrected chi connectivity index (χ1v) is 11.7. The number of carbonyl (C=O) groups is 3. The number of benzene rings is 1. The predicted molar refractivity (Wildman–Crippen MR) is 126 cm³/mol. The fraction of sp³-hybridized carbons (Fsp3) is 0.654. The Labute approximate surface area is 197 Å². The monoisotopic (exact) mass is 461 g/mol. The summed E-state index contributed by atoms with van der Waals surface area (Å²) in [5.41, 5.74) is -0.0904. The molecule has 1 aliphatic rings. The normalized spacial score (nSPS) is 16.0. The highest BCUT2D eigenvalue weighted by Crippen LogP contribution is 2.31. The minimum absolute atomic E-state index is 0.0137. The molecule has 0 saturated heterocycles. The Kier molecular flexibility index (Phi) is 8.92. The van der Waals surface area contributed by atoms with Gasteiger partial charge in [0.15, 0.2) is 0 Å².